The first-order valence-electron chi connectivity index (χ1n) is 8.06. The first-order chi connectivity index (χ1) is 10.3. The van der Waals surface area contributed by atoms with Gasteiger partial charge in [-0.2, -0.15) is 0 Å². The lowest BCUT2D eigenvalue weighted by molar-refractivity contribution is 0.0371. The van der Waals surface area contributed by atoms with E-state index in [0.29, 0.717) is 6.10 Å². The summed E-state index contributed by atoms with van der Waals surface area (Å²) in [6.07, 6.45) is 2.41. The smallest absolute Gasteiger partial charge is 0.0613 e. The molecular formula is C18H27NOS. The van der Waals surface area contributed by atoms with Crippen LogP contribution >= 0.6 is 11.3 Å². The molecule has 1 heterocycles. The van der Waals surface area contributed by atoms with E-state index in [1.807, 2.05) is 0 Å². The topological polar surface area (TPSA) is 12.5 Å². The van der Waals surface area contributed by atoms with Gasteiger partial charge in [0.15, 0.2) is 0 Å². The van der Waals surface area contributed by atoms with Gasteiger partial charge in [0.2, 0.25) is 0 Å². The van der Waals surface area contributed by atoms with Gasteiger partial charge in [0.25, 0.3) is 0 Å². The van der Waals surface area contributed by atoms with Crippen molar-refractivity contribution >= 4 is 21.4 Å². The van der Waals surface area contributed by atoms with Crippen LogP contribution in [-0.4, -0.2) is 37.2 Å². The van der Waals surface area contributed by atoms with Gasteiger partial charge in [0, 0.05) is 11.2 Å². The van der Waals surface area contributed by atoms with Gasteiger partial charge < -0.3 is 9.64 Å². The van der Waals surface area contributed by atoms with Gasteiger partial charge in [-0.25, -0.2) is 0 Å². The van der Waals surface area contributed by atoms with Crippen molar-refractivity contribution in [1.82, 2.24) is 4.90 Å². The molecule has 21 heavy (non-hydrogen) atoms. The first-order valence-corrected chi connectivity index (χ1v) is 8.94. The molecule has 0 aliphatic rings. The Balaban J connectivity index is 1.86. The highest BCUT2D eigenvalue weighted by Gasteiger charge is 2.09. The molecule has 116 valence electrons. The van der Waals surface area contributed by atoms with Gasteiger partial charge in [-0.3, -0.25) is 0 Å². The van der Waals surface area contributed by atoms with Crippen LogP contribution in [0.1, 0.15) is 32.8 Å². The van der Waals surface area contributed by atoms with Crippen LogP contribution in [0.15, 0.2) is 29.6 Å². The van der Waals surface area contributed by atoms with Crippen LogP contribution in [0.2, 0.25) is 0 Å². The van der Waals surface area contributed by atoms with Crippen molar-refractivity contribution in [2.75, 3.05) is 26.2 Å². The average molecular weight is 305 g/mol. The third-order valence-corrected chi connectivity index (χ3v) is 4.99. The molecule has 0 amide bonds. The second kappa shape index (κ2) is 8.52. The van der Waals surface area contributed by atoms with Crippen LogP contribution in [0.3, 0.4) is 0 Å². The van der Waals surface area contributed by atoms with E-state index in [2.05, 4.69) is 55.3 Å². The third kappa shape index (κ3) is 4.80. The summed E-state index contributed by atoms with van der Waals surface area (Å²) in [5, 5.41) is 3.52. The maximum atomic E-state index is 6.08. The van der Waals surface area contributed by atoms with Crippen LogP contribution < -0.4 is 0 Å². The van der Waals surface area contributed by atoms with Crippen molar-refractivity contribution in [3.05, 3.63) is 35.2 Å². The number of fused-ring (bicyclic) bond motifs is 1. The molecule has 0 fully saturated rings. The predicted molar refractivity (Wildman–Crippen MR) is 93.3 cm³/mol. The minimum Gasteiger partial charge on any atom is -0.377 e. The third-order valence-electron chi connectivity index (χ3n) is 4.09. The lowest BCUT2D eigenvalue weighted by atomic mass is 10.0. The SMILES string of the molecule is CCC(Cc1ccc2sccc2c1)OCCN(CC)CC. The minimum absolute atomic E-state index is 0.330. The van der Waals surface area contributed by atoms with Crippen molar-refractivity contribution < 1.29 is 4.74 Å². The zero-order chi connectivity index (χ0) is 15.1. The van der Waals surface area contributed by atoms with E-state index in [0.717, 1.165) is 39.1 Å². The summed E-state index contributed by atoms with van der Waals surface area (Å²) in [7, 11) is 0. The molecule has 0 radical (unpaired) electrons. The van der Waals surface area contributed by atoms with Gasteiger partial charge >= 0.3 is 0 Å². The Morgan fingerprint density at radius 3 is 2.67 bits per heavy atom. The molecule has 3 heteroatoms. The first kappa shape index (κ1) is 16.5. The maximum absolute atomic E-state index is 6.08. The van der Waals surface area contributed by atoms with Gasteiger partial charge in [-0.1, -0.05) is 32.9 Å². The van der Waals surface area contributed by atoms with Crippen LogP contribution in [0.4, 0.5) is 0 Å². The second-order valence-electron chi connectivity index (χ2n) is 5.42. The number of rotatable bonds is 9. The number of nitrogens with zero attached hydrogens (tertiary/aromatic N) is 1. The van der Waals surface area contributed by atoms with Crippen molar-refractivity contribution in [3.63, 3.8) is 0 Å². The molecule has 0 aliphatic carbocycles. The fraction of sp³-hybridized carbons (Fsp3) is 0.556. The number of benzene rings is 1. The molecule has 0 bridgehead atoms. The quantitative estimate of drug-likeness (QED) is 0.672. The van der Waals surface area contributed by atoms with E-state index in [-0.39, 0.29) is 0 Å². The van der Waals surface area contributed by atoms with Crippen molar-refractivity contribution in [1.29, 1.82) is 0 Å². The molecule has 2 aromatic rings. The summed E-state index contributed by atoms with van der Waals surface area (Å²) in [5.74, 6) is 0. The Morgan fingerprint density at radius 1 is 1.14 bits per heavy atom. The number of ether oxygens (including phenoxy) is 1. The predicted octanol–water partition coefficient (Wildman–Crippen LogP) is 4.58. The van der Waals surface area contributed by atoms with E-state index in [1.54, 1.807) is 11.3 Å². The molecule has 0 spiro atoms. The highest BCUT2D eigenvalue weighted by molar-refractivity contribution is 7.17. The molecule has 1 atom stereocenters. The van der Waals surface area contributed by atoms with E-state index in [4.69, 9.17) is 4.74 Å². The summed E-state index contributed by atoms with van der Waals surface area (Å²) in [6.45, 7) is 10.7. The molecule has 0 saturated heterocycles. The molecule has 1 aromatic heterocycles. The molecule has 2 rings (SSSR count). The summed E-state index contributed by atoms with van der Waals surface area (Å²) < 4.78 is 7.45. The fourth-order valence-electron chi connectivity index (χ4n) is 2.62. The van der Waals surface area contributed by atoms with E-state index in [9.17, 15) is 0 Å². The summed E-state index contributed by atoms with van der Waals surface area (Å²) in [6, 6.07) is 8.99. The van der Waals surface area contributed by atoms with E-state index in [1.165, 1.54) is 15.6 Å². The Hall–Kier alpha value is -0.900. The average Bonchev–Trinajstić information content (AvgIpc) is 2.98. The van der Waals surface area contributed by atoms with Gasteiger partial charge in [0.1, 0.15) is 0 Å². The van der Waals surface area contributed by atoms with Gasteiger partial charge in [-0.15, -0.1) is 11.3 Å². The standard InChI is InChI=1S/C18H27NOS/c1-4-17(20-11-10-19(5-2)6-3)14-15-7-8-18-16(13-15)9-12-21-18/h7-9,12-13,17H,4-6,10-11,14H2,1-3H3. The molecular weight excluding hydrogens is 278 g/mol. The molecule has 2 nitrogen and oxygen atoms in total. The molecule has 1 unspecified atom stereocenters. The molecule has 0 saturated carbocycles. The summed E-state index contributed by atoms with van der Waals surface area (Å²) in [4.78, 5) is 2.41. The molecule has 0 aliphatic heterocycles. The fourth-order valence-corrected chi connectivity index (χ4v) is 3.39. The van der Waals surface area contributed by atoms with Crippen molar-refractivity contribution in [2.24, 2.45) is 0 Å². The van der Waals surface area contributed by atoms with Crippen LogP contribution in [0.25, 0.3) is 10.1 Å². The highest BCUT2D eigenvalue weighted by Crippen LogP contribution is 2.23. The largest absolute Gasteiger partial charge is 0.377 e. The number of hydrogen-bond acceptors (Lipinski definition) is 3. The van der Waals surface area contributed by atoms with E-state index < -0.39 is 0 Å². The Bertz CT molecular complexity index is 533. The second-order valence-corrected chi connectivity index (χ2v) is 6.37. The summed E-state index contributed by atoms with van der Waals surface area (Å²) in [5.41, 5.74) is 1.38. The number of hydrogen-bond donors (Lipinski definition) is 0. The van der Waals surface area contributed by atoms with Crippen molar-refractivity contribution in [3.8, 4) is 0 Å². The molecule has 0 N–H and O–H groups in total. The number of thiophene rings is 1. The number of likely N-dealkylation sites (N-methyl/N-ethyl adjacent to an activating group) is 1. The minimum atomic E-state index is 0.330. The van der Waals surface area contributed by atoms with Crippen LogP contribution in [-0.2, 0) is 11.2 Å². The zero-order valence-electron chi connectivity index (χ0n) is 13.5. The van der Waals surface area contributed by atoms with Gasteiger partial charge in [0.05, 0.1) is 12.7 Å². The lowest BCUT2D eigenvalue weighted by Crippen LogP contribution is -2.29. The van der Waals surface area contributed by atoms with Crippen molar-refractivity contribution in [2.45, 2.75) is 39.7 Å². The summed E-state index contributed by atoms with van der Waals surface area (Å²) >= 11 is 1.81. The van der Waals surface area contributed by atoms with Crippen LogP contribution in [0.5, 0.6) is 0 Å². The Labute approximate surface area is 132 Å². The van der Waals surface area contributed by atoms with Gasteiger partial charge in [-0.05, 0) is 54.4 Å². The maximum Gasteiger partial charge on any atom is 0.0613 e. The lowest BCUT2D eigenvalue weighted by Gasteiger charge is -2.21. The monoisotopic (exact) mass is 305 g/mol. The zero-order valence-corrected chi connectivity index (χ0v) is 14.3. The molecule has 1 aromatic carbocycles. The van der Waals surface area contributed by atoms with Crippen LogP contribution in [0, 0.1) is 0 Å². The normalized spacial score (nSPS) is 13.1. The Kier molecular flexibility index (Phi) is 6.68. The Morgan fingerprint density at radius 2 is 1.95 bits per heavy atom. The van der Waals surface area contributed by atoms with E-state index >= 15 is 0 Å². The highest BCUT2D eigenvalue weighted by atomic mass is 32.1.